The molecule has 0 saturated carbocycles. The minimum Gasteiger partial charge on any atom is -0.486 e. The first kappa shape index (κ1) is 18.0. The Hall–Kier alpha value is -2.82. The lowest BCUT2D eigenvalue weighted by atomic mass is 10.0. The molecule has 2 aromatic rings. The number of aryl methyl sites for hydroxylation is 2. The lowest BCUT2D eigenvalue weighted by Crippen LogP contribution is -2.16. The Morgan fingerprint density at radius 2 is 1.69 bits per heavy atom. The Balaban J connectivity index is 1.48. The predicted molar refractivity (Wildman–Crippen MR) is 100 cm³/mol. The Labute approximate surface area is 153 Å². The Kier molecular flexibility index (Phi) is 5.56. The average Bonchev–Trinajstić information content (AvgIpc) is 2.64. The highest BCUT2D eigenvalue weighted by molar-refractivity contribution is 5.97. The summed E-state index contributed by atoms with van der Waals surface area (Å²) in [6.07, 6.45) is 1.13. The third-order valence-corrected chi connectivity index (χ3v) is 4.46. The Bertz CT molecular complexity index is 829. The number of ketones is 1. The van der Waals surface area contributed by atoms with Gasteiger partial charge in [-0.25, -0.2) is 0 Å². The molecule has 3 rings (SSSR count). The second-order valence-electron chi connectivity index (χ2n) is 6.48. The highest BCUT2D eigenvalue weighted by Gasteiger charge is 2.15. The van der Waals surface area contributed by atoms with Gasteiger partial charge in [0.15, 0.2) is 17.3 Å². The van der Waals surface area contributed by atoms with Gasteiger partial charge >= 0.3 is 0 Å². The van der Waals surface area contributed by atoms with E-state index in [1.54, 1.807) is 18.2 Å². The second kappa shape index (κ2) is 8.04. The number of rotatable bonds is 6. The van der Waals surface area contributed by atoms with E-state index in [4.69, 9.17) is 9.47 Å². The van der Waals surface area contributed by atoms with Crippen LogP contribution in [-0.4, -0.2) is 24.9 Å². The molecular weight excluding hydrogens is 330 g/mol. The van der Waals surface area contributed by atoms with Crippen molar-refractivity contribution in [1.82, 2.24) is 0 Å². The lowest BCUT2D eigenvalue weighted by Gasteiger charge is -2.18. The van der Waals surface area contributed by atoms with E-state index < -0.39 is 0 Å². The van der Waals surface area contributed by atoms with Crippen LogP contribution in [0.15, 0.2) is 36.4 Å². The molecule has 2 aromatic carbocycles. The maximum Gasteiger partial charge on any atom is 0.224 e. The Morgan fingerprint density at radius 3 is 2.46 bits per heavy atom. The van der Waals surface area contributed by atoms with Gasteiger partial charge in [-0.1, -0.05) is 6.07 Å². The predicted octanol–water partition coefficient (Wildman–Crippen LogP) is 4.07. The molecule has 0 spiro atoms. The fourth-order valence-corrected chi connectivity index (χ4v) is 2.81. The number of carbonyl (C=O) groups excluding carboxylic acids is 2. The third kappa shape index (κ3) is 4.42. The first-order chi connectivity index (χ1) is 12.5. The molecule has 5 nitrogen and oxygen atoms in total. The number of nitrogens with one attached hydrogen (secondary N) is 1. The smallest absolute Gasteiger partial charge is 0.224 e. The van der Waals surface area contributed by atoms with Gasteiger partial charge in [0.1, 0.15) is 13.2 Å². The van der Waals surface area contributed by atoms with E-state index >= 15 is 0 Å². The molecule has 26 heavy (non-hydrogen) atoms. The van der Waals surface area contributed by atoms with Crippen molar-refractivity contribution in [3.63, 3.8) is 0 Å². The molecule has 1 aliphatic heterocycles. The van der Waals surface area contributed by atoms with E-state index in [-0.39, 0.29) is 11.7 Å². The molecule has 5 heteroatoms. The summed E-state index contributed by atoms with van der Waals surface area (Å²) in [5.41, 5.74) is 3.70. The summed E-state index contributed by atoms with van der Waals surface area (Å²) in [6.45, 7) is 5.06. The van der Waals surface area contributed by atoms with Crippen LogP contribution in [0.25, 0.3) is 0 Å². The summed E-state index contributed by atoms with van der Waals surface area (Å²) in [5, 5.41) is 2.88. The van der Waals surface area contributed by atoms with Crippen molar-refractivity contribution >= 4 is 17.4 Å². The molecule has 1 N–H and O–H groups in total. The standard InChI is InChI=1S/C21H23NO4/c1-14-6-8-17(12-15(14)2)22-21(24)5-3-4-18(23)16-7-9-19-20(13-16)26-11-10-25-19/h6-9,12-13H,3-5,10-11H2,1-2H3,(H,22,24). The zero-order chi connectivity index (χ0) is 18.5. The van der Waals surface area contributed by atoms with Crippen molar-refractivity contribution < 1.29 is 19.1 Å². The van der Waals surface area contributed by atoms with Gasteiger partial charge in [-0.3, -0.25) is 9.59 Å². The molecule has 0 aliphatic carbocycles. The highest BCUT2D eigenvalue weighted by atomic mass is 16.6. The van der Waals surface area contributed by atoms with E-state index in [1.807, 2.05) is 32.0 Å². The van der Waals surface area contributed by atoms with E-state index in [1.165, 1.54) is 5.56 Å². The normalized spacial score (nSPS) is 12.5. The summed E-state index contributed by atoms with van der Waals surface area (Å²) < 4.78 is 11.0. The fourth-order valence-electron chi connectivity index (χ4n) is 2.81. The summed E-state index contributed by atoms with van der Waals surface area (Å²) in [6, 6.07) is 11.0. The van der Waals surface area contributed by atoms with Crippen LogP contribution in [0.3, 0.4) is 0 Å². The summed E-state index contributed by atoms with van der Waals surface area (Å²) in [7, 11) is 0. The molecule has 136 valence electrons. The number of fused-ring (bicyclic) bond motifs is 1. The quantitative estimate of drug-likeness (QED) is 0.795. The summed E-state index contributed by atoms with van der Waals surface area (Å²) in [4.78, 5) is 24.4. The van der Waals surface area contributed by atoms with Crippen molar-refractivity contribution in [2.24, 2.45) is 0 Å². The number of amides is 1. The molecular formula is C21H23NO4. The molecule has 0 bridgehead atoms. The molecule has 1 heterocycles. The molecule has 1 amide bonds. The second-order valence-corrected chi connectivity index (χ2v) is 6.48. The van der Waals surface area contributed by atoms with Gasteiger partial charge in [0.05, 0.1) is 0 Å². The van der Waals surface area contributed by atoms with Gasteiger partial charge < -0.3 is 14.8 Å². The lowest BCUT2D eigenvalue weighted by molar-refractivity contribution is -0.116. The average molecular weight is 353 g/mol. The number of Topliss-reactive ketones (excluding diaryl/α,β-unsaturated/α-hetero) is 1. The van der Waals surface area contributed by atoms with E-state index in [2.05, 4.69) is 5.32 Å². The summed E-state index contributed by atoms with van der Waals surface area (Å²) in [5.74, 6) is 1.19. The van der Waals surface area contributed by atoms with Crippen LogP contribution in [-0.2, 0) is 4.79 Å². The minimum atomic E-state index is -0.0803. The monoisotopic (exact) mass is 353 g/mol. The largest absolute Gasteiger partial charge is 0.486 e. The topological polar surface area (TPSA) is 64.6 Å². The minimum absolute atomic E-state index is 0.000883. The first-order valence-electron chi connectivity index (χ1n) is 8.83. The van der Waals surface area contributed by atoms with Crippen molar-refractivity contribution in [2.45, 2.75) is 33.1 Å². The van der Waals surface area contributed by atoms with Crippen LogP contribution in [0.1, 0.15) is 40.7 Å². The van der Waals surface area contributed by atoms with Crippen LogP contribution in [0.5, 0.6) is 11.5 Å². The van der Waals surface area contributed by atoms with Crippen LogP contribution < -0.4 is 14.8 Å². The Morgan fingerprint density at radius 1 is 0.923 bits per heavy atom. The third-order valence-electron chi connectivity index (χ3n) is 4.46. The molecule has 1 aliphatic rings. The number of benzene rings is 2. The van der Waals surface area contributed by atoms with Gasteiger partial charge in [0.25, 0.3) is 0 Å². The van der Waals surface area contributed by atoms with Crippen LogP contribution in [0.2, 0.25) is 0 Å². The van der Waals surface area contributed by atoms with E-state index in [0.717, 1.165) is 11.3 Å². The van der Waals surface area contributed by atoms with Crippen molar-refractivity contribution in [1.29, 1.82) is 0 Å². The fraction of sp³-hybridized carbons (Fsp3) is 0.333. The number of hydrogen-bond donors (Lipinski definition) is 1. The van der Waals surface area contributed by atoms with Gasteiger partial charge in [-0.05, 0) is 61.7 Å². The van der Waals surface area contributed by atoms with Crippen molar-refractivity contribution in [3.8, 4) is 11.5 Å². The molecule has 0 saturated heterocycles. The number of carbonyl (C=O) groups is 2. The molecule has 0 unspecified atom stereocenters. The maximum absolute atomic E-state index is 12.3. The molecule has 0 aromatic heterocycles. The van der Waals surface area contributed by atoms with Crippen LogP contribution in [0.4, 0.5) is 5.69 Å². The number of ether oxygens (including phenoxy) is 2. The van der Waals surface area contributed by atoms with Gasteiger partial charge in [-0.2, -0.15) is 0 Å². The van der Waals surface area contributed by atoms with Crippen LogP contribution >= 0.6 is 0 Å². The van der Waals surface area contributed by atoms with Gasteiger partial charge in [0.2, 0.25) is 5.91 Å². The van der Waals surface area contributed by atoms with Crippen molar-refractivity contribution in [2.75, 3.05) is 18.5 Å². The number of hydrogen-bond acceptors (Lipinski definition) is 4. The van der Waals surface area contributed by atoms with Crippen molar-refractivity contribution in [3.05, 3.63) is 53.1 Å². The first-order valence-corrected chi connectivity index (χ1v) is 8.83. The molecule has 0 fully saturated rings. The molecule has 0 radical (unpaired) electrons. The molecule has 0 atom stereocenters. The maximum atomic E-state index is 12.3. The zero-order valence-electron chi connectivity index (χ0n) is 15.1. The van der Waals surface area contributed by atoms with Gasteiger partial charge in [-0.15, -0.1) is 0 Å². The van der Waals surface area contributed by atoms with Crippen LogP contribution in [0, 0.1) is 13.8 Å². The SMILES string of the molecule is Cc1ccc(NC(=O)CCCC(=O)c2ccc3c(c2)OCCO3)cc1C. The van der Waals surface area contributed by atoms with E-state index in [9.17, 15) is 9.59 Å². The van der Waals surface area contributed by atoms with Gasteiger partial charge in [0, 0.05) is 24.1 Å². The zero-order valence-corrected chi connectivity index (χ0v) is 15.1. The summed E-state index contributed by atoms with van der Waals surface area (Å²) >= 11 is 0. The number of anilines is 1. The highest BCUT2D eigenvalue weighted by Crippen LogP contribution is 2.31. The van der Waals surface area contributed by atoms with E-state index in [0.29, 0.717) is 49.5 Å².